The molecule has 4 aromatic rings. The van der Waals surface area contributed by atoms with Gasteiger partial charge >= 0.3 is 12.1 Å². The van der Waals surface area contributed by atoms with E-state index in [1.807, 2.05) is 0 Å². The largest absolute Gasteiger partial charge is 0.496 e. The number of carbonyl (C=O) groups excluding carboxylic acids is 1. The van der Waals surface area contributed by atoms with Gasteiger partial charge in [-0.25, -0.2) is 0 Å². The monoisotopic (exact) mass is 495 g/mol. The summed E-state index contributed by atoms with van der Waals surface area (Å²) in [6, 6.07) is 23.4. The molecule has 0 heterocycles. The maximum Gasteiger partial charge on any atom is 0.471 e. The van der Waals surface area contributed by atoms with Crippen molar-refractivity contribution in [2.24, 2.45) is 0 Å². The summed E-state index contributed by atoms with van der Waals surface area (Å²) < 4.78 is 51.7. The number of para-hydroxylation sites is 2. The van der Waals surface area contributed by atoms with Crippen molar-refractivity contribution in [1.29, 1.82) is 0 Å². The maximum absolute atomic E-state index is 13.6. The summed E-state index contributed by atoms with van der Waals surface area (Å²) in [5.74, 6) is -1.75. The summed E-state index contributed by atoms with van der Waals surface area (Å²) >= 11 is 0. The van der Waals surface area contributed by atoms with Crippen molar-refractivity contribution in [2.45, 2.75) is 17.8 Å². The van der Waals surface area contributed by atoms with Gasteiger partial charge in [0, 0.05) is 11.1 Å². The highest BCUT2D eigenvalue weighted by atomic mass is 19.4. The van der Waals surface area contributed by atoms with Crippen LogP contribution in [0.5, 0.6) is 11.5 Å². The van der Waals surface area contributed by atoms with Gasteiger partial charge in [0.15, 0.2) is 0 Å². The average molecular weight is 495 g/mol. The van der Waals surface area contributed by atoms with Gasteiger partial charge in [-0.3, -0.25) is 4.79 Å². The summed E-state index contributed by atoms with van der Waals surface area (Å²) in [4.78, 5) is 12.4. The Labute approximate surface area is 206 Å². The van der Waals surface area contributed by atoms with Crippen molar-refractivity contribution in [3.63, 3.8) is 0 Å². The second kappa shape index (κ2) is 9.91. The van der Waals surface area contributed by atoms with Crippen molar-refractivity contribution in [1.82, 2.24) is 5.32 Å². The quantitative estimate of drug-likeness (QED) is 0.355. The Morgan fingerprint density at radius 1 is 0.778 bits per heavy atom. The van der Waals surface area contributed by atoms with E-state index in [4.69, 9.17) is 9.47 Å². The Bertz CT molecular complexity index is 1330. The molecular formula is C28H24F3NO4. The molecule has 0 bridgehead atoms. The van der Waals surface area contributed by atoms with E-state index in [2.05, 4.69) is 5.32 Å². The smallest absolute Gasteiger partial charge is 0.471 e. The molecule has 1 atom stereocenters. The molecule has 36 heavy (non-hydrogen) atoms. The number of aliphatic hydroxyl groups is 1. The van der Waals surface area contributed by atoms with E-state index in [-0.39, 0.29) is 28.2 Å². The van der Waals surface area contributed by atoms with E-state index >= 15 is 0 Å². The molecule has 0 aliphatic rings. The van der Waals surface area contributed by atoms with Gasteiger partial charge in [-0.15, -0.1) is 0 Å². The normalized spacial score (nSPS) is 12.7. The van der Waals surface area contributed by atoms with E-state index in [1.165, 1.54) is 14.2 Å². The minimum atomic E-state index is -5.19. The van der Waals surface area contributed by atoms with Crippen LogP contribution in [0.25, 0.3) is 10.8 Å². The molecule has 4 aromatic carbocycles. The number of nitrogens with one attached hydrogen (secondary N) is 1. The number of fused-ring (bicyclic) bond motifs is 1. The highest BCUT2D eigenvalue weighted by Gasteiger charge is 2.49. The van der Waals surface area contributed by atoms with Gasteiger partial charge < -0.3 is 19.9 Å². The van der Waals surface area contributed by atoms with Gasteiger partial charge in [0.1, 0.15) is 17.1 Å². The number of halogens is 3. The summed E-state index contributed by atoms with van der Waals surface area (Å²) in [5, 5.41) is 16.0. The third-order valence-corrected chi connectivity index (χ3v) is 6.12. The van der Waals surface area contributed by atoms with Crippen molar-refractivity contribution >= 4 is 16.7 Å². The maximum atomic E-state index is 13.6. The number of ether oxygens (including phenoxy) is 2. The lowest BCUT2D eigenvalue weighted by molar-refractivity contribution is -0.176. The Hall–Kier alpha value is -4.04. The Morgan fingerprint density at radius 3 is 1.83 bits per heavy atom. The van der Waals surface area contributed by atoms with Gasteiger partial charge in [-0.2, -0.15) is 13.2 Å². The molecule has 0 fully saturated rings. The first-order valence-corrected chi connectivity index (χ1v) is 11.1. The van der Waals surface area contributed by atoms with E-state index in [0.717, 1.165) is 5.39 Å². The van der Waals surface area contributed by atoms with Gasteiger partial charge in [-0.05, 0) is 28.5 Å². The van der Waals surface area contributed by atoms with Gasteiger partial charge in [0.2, 0.25) is 0 Å². The fraction of sp³-hybridized carbons (Fsp3) is 0.179. The van der Waals surface area contributed by atoms with Gasteiger partial charge in [0.25, 0.3) is 0 Å². The number of amides is 1. The van der Waals surface area contributed by atoms with Crippen molar-refractivity contribution in [3.8, 4) is 11.5 Å². The molecular weight excluding hydrogens is 471 g/mol. The number of methoxy groups -OCH3 is 2. The summed E-state index contributed by atoms with van der Waals surface area (Å²) in [5.41, 5.74) is -1.66. The Morgan fingerprint density at radius 2 is 1.28 bits per heavy atom. The number of alkyl halides is 3. The first-order chi connectivity index (χ1) is 17.2. The van der Waals surface area contributed by atoms with Gasteiger partial charge in [0.05, 0.1) is 20.3 Å². The van der Waals surface area contributed by atoms with Crippen LogP contribution in [-0.2, 0) is 10.4 Å². The second-order valence-electron chi connectivity index (χ2n) is 8.14. The zero-order valence-corrected chi connectivity index (χ0v) is 19.5. The minimum Gasteiger partial charge on any atom is -0.496 e. The highest BCUT2D eigenvalue weighted by molar-refractivity contribution is 5.88. The molecule has 1 unspecified atom stereocenters. The molecule has 5 nitrogen and oxygen atoms in total. The van der Waals surface area contributed by atoms with Crippen LogP contribution in [0.15, 0.2) is 91.0 Å². The fourth-order valence-corrected chi connectivity index (χ4v) is 4.50. The molecule has 0 saturated heterocycles. The average Bonchev–Trinajstić information content (AvgIpc) is 2.90. The van der Waals surface area contributed by atoms with Crippen LogP contribution >= 0.6 is 0 Å². The lowest BCUT2D eigenvalue weighted by atomic mass is 9.75. The molecule has 0 aromatic heterocycles. The highest BCUT2D eigenvalue weighted by Crippen LogP contribution is 2.49. The summed E-state index contributed by atoms with van der Waals surface area (Å²) in [7, 11) is 2.78. The standard InChI is InChI=1S/C28H24F3NO4/c1-35-23-16-7-5-14-21(23)27(34,22-15-6-8-17-24(22)36-2)25(32-26(33)28(29,30)31)20-13-9-11-18-10-3-4-12-19(18)20/h3-17,25,34H,1-2H3,(H,32,33). The van der Waals surface area contributed by atoms with Gasteiger partial charge in [-0.1, -0.05) is 78.9 Å². The van der Waals surface area contributed by atoms with Crippen LogP contribution in [0.4, 0.5) is 13.2 Å². The number of carbonyl (C=O) groups is 1. The van der Waals surface area contributed by atoms with Crippen LogP contribution in [0.1, 0.15) is 22.7 Å². The second-order valence-corrected chi connectivity index (χ2v) is 8.14. The van der Waals surface area contributed by atoms with Crippen molar-refractivity contribution in [2.75, 3.05) is 14.2 Å². The molecule has 0 aliphatic carbocycles. The first kappa shape index (κ1) is 25.1. The molecule has 8 heteroatoms. The molecule has 2 N–H and O–H groups in total. The zero-order chi connectivity index (χ0) is 25.9. The van der Waals surface area contributed by atoms with Crippen molar-refractivity contribution < 1.29 is 32.5 Å². The molecule has 0 saturated carbocycles. The SMILES string of the molecule is COc1ccccc1C(O)(c1ccccc1OC)C(NC(=O)C(F)(F)F)c1cccc2ccccc12. The summed E-state index contributed by atoms with van der Waals surface area (Å²) in [6.07, 6.45) is -5.19. The van der Waals surface area contributed by atoms with Crippen LogP contribution in [-0.4, -0.2) is 31.4 Å². The van der Waals surface area contributed by atoms with E-state index in [9.17, 15) is 23.1 Å². The number of hydrogen-bond donors (Lipinski definition) is 2. The van der Waals surface area contributed by atoms with Crippen molar-refractivity contribution in [3.05, 3.63) is 108 Å². The lowest BCUT2D eigenvalue weighted by Gasteiger charge is -2.39. The number of benzene rings is 4. The third kappa shape index (κ3) is 4.47. The molecule has 1 amide bonds. The van der Waals surface area contributed by atoms with E-state index < -0.39 is 23.7 Å². The predicted octanol–water partition coefficient (Wildman–Crippen LogP) is 5.51. The lowest BCUT2D eigenvalue weighted by Crippen LogP contribution is -2.49. The molecule has 0 radical (unpaired) electrons. The fourth-order valence-electron chi connectivity index (χ4n) is 4.50. The topological polar surface area (TPSA) is 67.8 Å². The molecule has 4 rings (SSSR count). The van der Waals surface area contributed by atoms with E-state index in [0.29, 0.717) is 5.39 Å². The molecule has 0 aliphatic heterocycles. The number of hydrogen-bond acceptors (Lipinski definition) is 4. The zero-order valence-electron chi connectivity index (χ0n) is 19.5. The van der Waals surface area contributed by atoms with Crippen LogP contribution in [0, 0.1) is 0 Å². The molecule has 0 spiro atoms. The van der Waals surface area contributed by atoms with Crippen LogP contribution < -0.4 is 14.8 Å². The molecule has 186 valence electrons. The van der Waals surface area contributed by atoms with E-state index in [1.54, 1.807) is 91.0 Å². The Balaban J connectivity index is 2.11. The van der Waals surface area contributed by atoms with Crippen LogP contribution in [0.3, 0.4) is 0 Å². The Kier molecular flexibility index (Phi) is 6.90. The number of rotatable bonds is 7. The van der Waals surface area contributed by atoms with Crippen LogP contribution in [0.2, 0.25) is 0 Å². The summed E-state index contributed by atoms with van der Waals surface area (Å²) in [6.45, 7) is 0. The minimum absolute atomic E-state index is 0.150. The third-order valence-electron chi connectivity index (χ3n) is 6.12. The first-order valence-electron chi connectivity index (χ1n) is 11.1. The predicted molar refractivity (Wildman–Crippen MR) is 130 cm³/mol.